The number of carbonyl (C=O) groups excluding carboxylic acids is 1. The molecular weight excluding hydrogens is 402 g/mol. The lowest BCUT2D eigenvalue weighted by Gasteiger charge is -2.15. The Morgan fingerprint density at radius 3 is 2.97 bits per heavy atom. The van der Waals surface area contributed by atoms with Crippen molar-refractivity contribution in [3.63, 3.8) is 0 Å². The highest BCUT2D eigenvalue weighted by atomic mass is 32.2. The second-order valence-electron chi connectivity index (χ2n) is 7.24. The van der Waals surface area contributed by atoms with Crippen LogP contribution < -0.4 is 10.9 Å². The number of thiophene rings is 1. The summed E-state index contributed by atoms with van der Waals surface area (Å²) in [5.41, 5.74) is 4.11. The van der Waals surface area contributed by atoms with E-state index < -0.39 is 0 Å². The molecule has 0 aliphatic heterocycles. The Morgan fingerprint density at radius 2 is 2.21 bits per heavy atom. The minimum atomic E-state index is -0.106. The first-order valence-corrected chi connectivity index (χ1v) is 11.4. The zero-order valence-corrected chi connectivity index (χ0v) is 18.2. The van der Waals surface area contributed by atoms with Crippen molar-refractivity contribution < 1.29 is 4.79 Å². The molecule has 0 saturated heterocycles. The summed E-state index contributed by atoms with van der Waals surface area (Å²) in [7, 11) is 0. The largest absolute Gasteiger partial charge is 0.352 e. The number of nitrogens with one attached hydrogen (secondary N) is 1. The Balaban J connectivity index is 1.85. The van der Waals surface area contributed by atoms with Gasteiger partial charge in [-0.3, -0.25) is 14.2 Å². The van der Waals surface area contributed by atoms with Gasteiger partial charge in [0.2, 0.25) is 5.91 Å². The van der Waals surface area contributed by atoms with Crippen molar-refractivity contribution in [1.29, 1.82) is 0 Å². The van der Waals surface area contributed by atoms with Gasteiger partial charge in [0.1, 0.15) is 4.83 Å². The van der Waals surface area contributed by atoms with Crippen LogP contribution in [-0.4, -0.2) is 27.8 Å². The number of carbonyl (C=O) groups is 1. The highest BCUT2D eigenvalue weighted by molar-refractivity contribution is 7.99. The Hall–Kier alpha value is -2.38. The summed E-state index contributed by atoms with van der Waals surface area (Å²) in [4.78, 5) is 32.6. The fourth-order valence-corrected chi connectivity index (χ4v) is 5.90. The summed E-state index contributed by atoms with van der Waals surface area (Å²) in [5.74, 6) is 0.0898. The lowest BCUT2D eigenvalue weighted by atomic mass is 10.1. The van der Waals surface area contributed by atoms with E-state index in [4.69, 9.17) is 4.98 Å². The van der Waals surface area contributed by atoms with E-state index >= 15 is 0 Å². The number of aromatic nitrogens is 2. The summed E-state index contributed by atoms with van der Waals surface area (Å²) < 4.78 is 1.69. The van der Waals surface area contributed by atoms with Crippen LogP contribution >= 0.6 is 23.1 Å². The van der Waals surface area contributed by atoms with Crippen LogP contribution in [0.15, 0.2) is 40.8 Å². The molecular formula is C22H23N3O2S2. The minimum absolute atomic E-state index is 0.0321. The molecule has 3 aromatic rings. The van der Waals surface area contributed by atoms with Crippen LogP contribution in [0.2, 0.25) is 0 Å². The van der Waals surface area contributed by atoms with E-state index in [1.165, 1.54) is 22.2 Å². The van der Waals surface area contributed by atoms with Crippen molar-refractivity contribution in [3.05, 3.63) is 62.8 Å². The molecule has 1 aliphatic carbocycles. The van der Waals surface area contributed by atoms with Gasteiger partial charge in [0.05, 0.1) is 16.8 Å². The average molecular weight is 426 g/mol. The Labute approximate surface area is 177 Å². The molecule has 7 heteroatoms. The number of benzene rings is 1. The number of rotatable bonds is 6. The highest BCUT2D eigenvalue weighted by Crippen LogP contribution is 2.36. The van der Waals surface area contributed by atoms with Gasteiger partial charge in [-0.25, -0.2) is 4.98 Å². The molecule has 0 unspecified atom stereocenters. The van der Waals surface area contributed by atoms with Gasteiger partial charge in [-0.1, -0.05) is 35.5 Å². The van der Waals surface area contributed by atoms with E-state index in [2.05, 4.69) is 18.0 Å². The van der Waals surface area contributed by atoms with Crippen LogP contribution in [0.1, 0.15) is 28.0 Å². The van der Waals surface area contributed by atoms with E-state index in [1.54, 1.807) is 22.0 Å². The van der Waals surface area contributed by atoms with E-state index in [1.807, 2.05) is 26.0 Å². The van der Waals surface area contributed by atoms with Crippen LogP contribution in [0.25, 0.3) is 15.9 Å². The van der Waals surface area contributed by atoms with Crippen LogP contribution in [0.5, 0.6) is 0 Å². The second-order valence-corrected chi connectivity index (χ2v) is 9.27. The molecule has 1 N–H and O–H groups in total. The predicted octanol–water partition coefficient (Wildman–Crippen LogP) is 3.95. The molecule has 150 valence electrons. The Morgan fingerprint density at radius 1 is 1.38 bits per heavy atom. The van der Waals surface area contributed by atoms with Crippen molar-refractivity contribution in [2.24, 2.45) is 0 Å². The smallest absolute Gasteiger partial charge is 0.267 e. The SMILES string of the molecule is C=CCNC(=O)CSc1nc2sc3c(c2c(=O)n1-c1ccc(C)cc1C)CCC3. The van der Waals surface area contributed by atoms with Crippen molar-refractivity contribution in [1.82, 2.24) is 14.9 Å². The number of amides is 1. The lowest BCUT2D eigenvalue weighted by molar-refractivity contribution is -0.118. The normalized spacial score (nSPS) is 12.9. The summed E-state index contributed by atoms with van der Waals surface area (Å²) in [6.45, 7) is 8.07. The molecule has 0 saturated carbocycles. The molecule has 29 heavy (non-hydrogen) atoms. The number of hydrogen-bond acceptors (Lipinski definition) is 5. The first-order valence-electron chi connectivity index (χ1n) is 9.65. The van der Waals surface area contributed by atoms with Gasteiger partial charge >= 0.3 is 0 Å². The summed E-state index contributed by atoms with van der Waals surface area (Å²) in [6, 6.07) is 6.03. The molecule has 0 radical (unpaired) electrons. The Kier molecular flexibility index (Phi) is 5.61. The highest BCUT2D eigenvalue weighted by Gasteiger charge is 2.24. The average Bonchev–Trinajstić information content (AvgIpc) is 3.26. The summed E-state index contributed by atoms with van der Waals surface area (Å²) in [5, 5.41) is 4.08. The lowest BCUT2D eigenvalue weighted by Crippen LogP contribution is -2.26. The van der Waals surface area contributed by atoms with Gasteiger partial charge in [0.25, 0.3) is 5.56 Å². The van der Waals surface area contributed by atoms with E-state index in [0.29, 0.717) is 11.7 Å². The number of nitrogens with zero attached hydrogens (tertiary/aromatic N) is 2. The minimum Gasteiger partial charge on any atom is -0.352 e. The molecule has 2 heterocycles. The number of fused-ring (bicyclic) bond motifs is 3. The van der Waals surface area contributed by atoms with E-state index in [9.17, 15) is 9.59 Å². The van der Waals surface area contributed by atoms with Crippen LogP contribution in [0.4, 0.5) is 0 Å². The van der Waals surface area contributed by atoms with Gasteiger partial charge < -0.3 is 5.32 Å². The molecule has 2 aromatic heterocycles. The monoisotopic (exact) mass is 425 g/mol. The zero-order valence-electron chi connectivity index (χ0n) is 16.6. The molecule has 0 atom stereocenters. The fraction of sp³-hybridized carbons (Fsp3) is 0.318. The van der Waals surface area contributed by atoms with Crippen molar-refractivity contribution in [2.75, 3.05) is 12.3 Å². The second kappa shape index (κ2) is 8.16. The van der Waals surface area contributed by atoms with Crippen LogP contribution in [-0.2, 0) is 17.6 Å². The number of hydrogen-bond donors (Lipinski definition) is 1. The quantitative estimate of drug-likeness (QED) is 0.369. The standard InChI is InChI=1S/C22H23N3O2S2/c1-4-10-23-18(26)12-28-22-24-20-19(15-6-5-7-17(15)29-20)21(27)25(22)16-9-8-13(2)11-14(16)3/h4,8-9,11H,1,5-7,10,12H2,2-3H3,(H,23,26). The molecule has 0 bridgehead atoms. The van der Waals surface area contributed by atoms with Crippen molar-refractivity contribution in [3.8, 4) is 5.69 Å². The molecule has 0 spiro atoms. The van der Waals surface area contributed by atoms with Crippen LogP contribution in [0, 0.1) is 13.8 Å². The summed E-state index contributed by atoms with van der Waals surface area (Å²) >= 11 is 2.92. The molecule has 1 aromatic carbocycles. The summed E-state index contributed by atoms with van der Waals surface area (Å²) in [6.07, 6.45) is 4.70. The third-order valence-corrected chi connectivity index (χ3v) is 7.20. The van der Waals surface area contributed by atoms with E-state index in [-0.39, 0.29) is 17.2 Å². The molecule has 1 amide bonds. The predicted molar refractivity (Wildman–Crippen MR) is 121 cm³/mol. The maximum absolute atomic E-state index is 13.6. The molecule has 1 aliphatic rings. The Bertz CT molecular complexity index is 1180. The van der Waals surface area contributed by atoms with E-state index in [0.717, 1.165) is 46.3 Å². The third kappa shape index (κ3) is 3.76. The topological polar surface area (TPSA) is 64.0 Å². The maximum atomic E-state index is 13.6. The van der Waals surface area contributed by atoms with Gasteiger partial charge in [0.15, 0.2) is 5.16 Å². The molecule has 0 fully saturated rings. The maximum Gasteiger partial charge on any atom is 0.267 e. The van der Waals surface area contributed by atoms with Crippen molar-refractivity contribution in [2.45, 2.75) is 38.3 Å². The third-order valence-electron chi connectivity index (χ3n) is 5.08. The number of thioether (sulfide) groups is 1. The van der Waals surface area contributed by atoms with Crippen LogP contribution in [0.3, 0.4) is 0 Å². The fourth-order valence-electron chi connectivity index (χ4n) is 3.76. The zero-order chi connectivity index (χ0) is 20.5. The first-order chi connectivity index (χ1) is 14.0. The van der Waals surface area contributed by atoms with Gasteiger partial charge in [-0.2, -0.15) is 0 Å². The van der Waals surface area contributed by atoms with Gasteiger partial charge in [-0.15, -0.1) is 17.9 Å². The van der Waals surface area contributed by atoms with Gasteiger partial charge in [0, 0.05) is 11.4 Å². The molecule has 4 rings (SSSR count). The van der Waals surface area contributed by atoms with Crippen molar-refractivity contribution >= 4 is 39.2 Å². The molecule has 5 nitrogen and oxygen atoms in total. The van der Waals surface area contributed by atoms with Gasteiger partial charge in [-0.05, 0) is 50.3 Å². The first kappa shape index (κ1) is 19.9. The number of aryl methyl sites for hydroxylation is 4.